The van der Waals surface area contributed by atoms with E-state index in [9.17, 15) is 4.79 Å². The summed E-state index contributed by atoms with van der Waals surface area (Å²) in [7, 11) is 3.51. The molecular weight excluding hydrogens is 426 g/mol. The number of fused-ring (bicyclic) bond motifs is 1. The van der Waals surface area contributed by atoms with Crippen molar-refractivity contribution in [1.29, 1.82) is 0 Å². The summed E-state index contributed by atoms with van der Waals surface area (Å²) in [5.74, 6) is 0.163. The lowest BCUT2D eigenvalue weighted by Gasteiger charge is -2.18. The molecule has 1 aliphatic heterocycles. The zero-order chi connectivity index (χ0) is 22.7. The topological polar surface area (TPSA) is 53.8 Å². The molecule has 1 N–H and O–H groups in total. The van der Waals surface area contributed by atoms with Crippen molar-refractivity contribution < 1.29 is 4.79 Å². The number of halogens is 1. The molecule has 0 radical (unpaired) electrons. The molecule has 4 nitrogen and oxygen atoms in total. The molecule has 2 unspecified atom stereocenters. The first-order chi connectivity index (χ1) is 14.8. The van der Waals surface area contributed by atoms with Crippen LogP contribution < -0.4 is 5.32 Å². The summed E-state index contributed by atoms with van der Waals surface area (Å²) in [6.07, 6.45) is 1.99. The van der Waals surface area contributed by atoms with Crippen LogP contribution in [-0.2, 0) is 4.79 Å². The van der Waals surface area contributed by atoms with Gasteiger partial charge in [0.2, 0.25) is 5.91 Å². The van der Waals surface area contributed by atoms with Gasteiger partial charge in [-0.2, -0.15) is 0 Å². The van der Waals surface area contributed by atoms with Gasteiger partial charge in [-0.25, -0.2) is 0 Å². The molecule has 6 heteroatoms. The predicted octanol–water partition coefficient (Wildman–Crippen LogP) is 5.88. The van der Waals surface area contributed by atoms with Crippen LogP contribution in [0.3, 0.4) is 0 Å². The number of hydrogen-bond acceptors (Lipinski definition) is 4. The van der Waals surface area contributed by atoms with Crippen molar-refractivity contribution in [3.05, 3.63) is 67.9 Å². The number of hydrogen-bond donors (Lipinski definition) is 1. The number of rotatable bonds is 4. The Labute approximate surface area is 194 Å². The number of nitrogens with zero attached hydrogens (tertiary/aromatic N) is 2. The zero-order valence-electron chi connectivity index (χ0n) is 18.9. The SMILES string of the molecule is C=C1CCC(C(C)=NC)c2sc(C)c(C)c2C(c2ccc(Cl)cc2)=NC1CC(=O)NC. The zero-order valence-corrected chi connectivity index (χ0v) is 20.5. The minimum absolute atomic E-state index is 0.0362. The Morgan fingerprint density at radius 1 is 1.32 bits per heavy atom. The highest BCUT2D eigenvalue weighted by atomic mass is 35.5. The molecule has 164 valence electrons. The lowest BCUT2D eigenvalue weighted by atomic mass is 9.88. The maximum absolute atomic E-state index is 12.3. The summed E-state index contributed by atoms with van der Waals surface area (Å²) in [5, 5.41) is 3.42. The quantitative estimate of drug-likeness (QED) is 0.453. The molecular formula is C25H30ClN3OS. The van der Waals surface area contributed by atoms with Crippen LogP contribution in [0.2, 0.25) is 5.02 Å². The molecule has 0 fully saturated rings. The van der Waals surface area contributed by atoms with Gasteiger partial charge < -0.3 is 5.32 Å². The van der Waals surface area contributed by atoms with Crippen LogP contribution in [-0.4, -0.2) is 37.5 Å². The maximum atomic E-state index is 12.3. The molecule has 2 aromatic rings. The first-order valence-corrected chi connectivity index (χ1v) is 11.7. The third kappa shape index (κ3) is 4.99. The molecule has 2 atom stereocenters. The molecule has 2 heterocycles. The van der Waals surface area contributed by atoms with E-state index < -0.39 is 0 Å². The molecule has 3 rings (SSSR count). The fourth-order valence-electron chi connectivity index (χ4n) is 3.98. The maximum Gasteiger partial charge on any atom is 0.222 e. The third-order valence-corrected chi connectivity index (χ3v) is 7.68. The largest absolute Gasteiger partial charge is 0.359 e. The van der Waals surface area contributed by atoms with E-state index in [0.29, 0.717) is 5.02 Å². The number of nitrogens with one attached hydrogen (secondary N) is 1. The lowest BCUT2D eigenvalue weighted by Crippen LogP contribution is -2.25. The van der Waals surface area contributed by atoms with Crippen LogP contribution in [0.1, 0.15) is 58.5 Å². The number of aryl methyl sites for hydroxylation is 1. The van der Waals surface area contributed by atoms with Crippen molar-refractivity contribution in [1.82, 2.24) is 5.32 Å². The number of carbonyl (C=O) groups is 1. The van der Waals surface area contributed by atoms with Crippen molar-refractivity contribution in [2.75, 3.05) is 14.1 Å². The van der Waals surface area contributed by atoms with Gasteiger partial charge in [-0.1, -0.05) is 35.9 Å². The van der Waals surface area contributed by atoms with Crippen molar-refractivity contribution >= 4 is 40.3 Å². The Morgan fingerprint density at radius 2 is 2.00 bits per heavy atom. The number of benzene rings is 1. The van der Waals surface area contributed by atoms with Crippen molar-refractivity contribution in [2.24, 2.45) is 9.98 Å². The van der Waals surface area contributed by atoms with Crippen LogP contribution in [0.15, 0.2) is 46.4 Å². The summed E-state index contributed by atoms with van der Waals surface area (Å²) in [4.78, 5) is 24.6. The van der Waals surface area contributed by atoms with Gasteiger partial charge in [0.15, 0.2) is 0 Å². The Hall–Kier alpha value is -2.24. The van der Waals surface area contributed by atoms with Crippen LogP contribution in [0, 0.1) is 13.8 Å². The first-order valence-electron chi connectivity index (χ1n) is 10.5. The summed E-state index contributed by atoms with van der Waals surface area (Å²) in [6, 6.07) is 7.50. The van der Waals surface area contributed by atoms with Gasteiger partial charge >= 0.3 is 0 Å². The minimum atomic E-state index is -0.282. The number of thiophene rings is 1. The van der Waals surface area contributed by atoms with E-state index in [-0.39, 0.29) is 24.3 Å². The van der Waals surface area contributed by atoms with E-state index in [2.05, 4.69) is 37.7 Å². The van der Waals surface area contributed by atoms with E-state index in [1.165, 1.54) is 15.3 Å². The molecule has 0 saturated heterocycles. The molecule has 1 aromatic heterocycles. The molecule has 31 heavy (non-hydrogen) atoms. The lowest BCUT2D eigenvalue weighted by molar-refractivity contribution is -0.120. The minimum Gasteiger partial charge on any atom is -0.359 e. The summed E-state index contributed by atoms with van der Waals surface area (Å²) < 4.78 is 0. The molecule has 0 bridgehead atoms. The average molecular weight is 456 g/mol. The second-order valence-corrected chi connectivity index (χ2v) is 9.71. The van der Waals surface area contributed by atoms with E-state index in [1.54, 1.807) is 7.05 Å². The molecule has 0 spiro atoms. The smallest absolute Gasteiger partial charge is 0.222 e. The van der Waals surface area contributed by atoms with E-state index in [1.807, 2.05) is 42.6 Å². The van der Waals surface area contributed by atoms with Crippen LogP contribution in [0.5, 0.6) is 0 Å². The fourth-order valence-corrected chi connectivity index (χ4v) is 5.47. The third-order valence-electron chi connectivity index (χ3n) is 6.11. The van der Waals surface area contributed by atoms with Gasteiger partial charge in [0, 0.05) is 51.6 Å². The van der Waals surface area contributed by atoms with E-state index >= 15 is 0 Å². The Balaban J connectivity index is 2.30. The number of carbonyl (C=O) groups excluding carboxylic acids is 1. The van der Waals surface area contributed by atoms with Crippen molar-refractivity contribution in [3.63, 3.8) is 0 Å². The normalized spacial score (nSPS) is 19.7. The van der Waals surface area contributed by atoms with Gasteiger partial charge in [0.05, 0.1) is 18.2 Å². The highest BCUT2D eigenvalue weighted by molar-refractivity contribution is 7.12. The average Bonchev–Trinajstić information content (AvgIpc) is 3.06. The van der Waals surface area contributed by atoms with Gasteiger partial charge in [0.1, 0.15) is 0 Å². The van der Waals surface area contributed by atoms with Crippen LogP contribution >= 0.6 is 22.9 Å². The summed E-state index contributed by atoms with van der Waals surface area (Å²) in [5.41, 5.74) is 6.37. The molecule has 1 aliphatic rings. The summed E-state index contributed by atoms with van der Waals surface area (Å²) in [6.45, 7) is 10.7. The van der Waals surface area contributed by atoms with Gasteiger partial charge in [-0.05, 0) is 51.3 Å². The van der Waals surface area contributed by atoms with Gasteiger partial charge in [0.25, 0.3) is 0 Å². The molecule has 1 amide bonds. The predicted molar refractivity (Wildman–Crippen MR) is 134 cm³/mol. The van der Waals surface area contributed by atoms with E-state index in [4.69, 9.17) is 16.6 Å². The van der Waals surface area contributed by atoms with Gasteiger partial charge in [-0.3, -0.25) is 14.8 Å². The Kier molecular flexibility index (Phi) is 7.50. The highest BCUT2D eigenvalue weighted by Crippen LogP contribution is 2.40. The van der Waals surface area contributed by atoms with Crippen LogP contribution in [0.4, 0.5) is 0 Å². The monoisotopic (exact) mass is 455 g/mol. The number of amides is 1. The highest BCUT2D eigenvalue weighted by Gasteiger charge is 2.30. The van der Waals surface area contributed by atoms with Gasteiger partial charge in [-0.15, -0.1) is 11.3 Å². The molecule has 0 aliphatic carbocycles. The molecule has 0 saturated carbocycles. The van der Waals surface area contributed by atoms with Crippen molar-refractivity contribution in [3.8, 4) is 0 Å². The number of aliphatic imine (C=N–C) groups is 2. The fraction of sp³-hybridized carbons (Fsp3) is 0.400. The standard InChI is InChI=1S/C25H30ClN3OS/c1-14-7-12-20(16(3)27-5)25-23(15(2)17(4)31-25)24(18-8-10-19(26)11-9-18)29-21(14)13-22(30)28-6/h8-11,20-21H,1,7,12-13H2,2-6H3,(H,28,30). The van der Waals surface area contributed by atoms with E-state index in [0.717, 1.165) is 41.0 Å². The second-order valence-electron chi connectivity index (χ2n) is 8.01. The summed E-state index contributed by atoms with van der Waals surface area (Å²) >= 11 is 8.00. The Morgan fingerprint density at radius 3 is 2.61 bits per heavy atom. The van der Waals surface area contributed by atoms with Crippen molar-refractivity contribution in [2.45, 2.75) is 52.0 Å². The van der Waals surface area contributed by atoms with Crippen LogP contribution in [0.25, 0.3) is 0 Å². The molecule has 1 aromatic carbocycles. The Bertz CT molecular complexity index is 1050. The second kappa shape index (κ2) is 9.92. The first kappa shape index (κ1) is 23.4.